The molecule has 0 saturated heterocycles. The Balaban J connectivity index is 0.00000162. The van der Waals surface area contributed by atoms with Crippen molar-refractivity contribution in [2.75, 3.05) is 6.61 Å². The molecule has 0 spiro atoms. The van der Waals surface area contributed by atoms with Crippen LogP contribution < -0.4 is 10.1 Å². The second-order valence-corrected chi connectivity index (χ2v) is 4.80. The average molecular weight is 270 g/mol. The van der Waals surface area contributed by atoms with Crippen LogP contribution in [0.25, 0.3) is 0 Å². The molecule has 0 heterocycles. The lowest BCUT2D eigenvalue weighted by molar-refractivity contribution is 0.339. The lowest BCUT2D eigenvalue weighted by atomic mass is 9.95. The quantitative estimate of drug-likeness (QED) is 0.875. The number of nitrogens with one attached hydrogen (secondary N) is 1. The van der Waals surface area contributed by atoms with Gasteiger partial charge in [0.2, 0.25) is 0 Å². The smallest absolute Gasteiger partial charge is 0.119 e. The van der Waals surface area contributed by atoms with E-state index in [2.05, 4.69) is 23.5 Å². The minimum Gasteiger partial charge on any atom is -0.494 e. The van der Waals surface area contributed by atoms with Crippen molar-refractivity contribution in [3.8, 4) is 5.75 Å². The third-order valence-electron chi connectivity index (χ3n) is 3.41. The van der Waals surface area contributed by atoms with Crippen LogP contribution in [0.5, 0.6) is 5.75 Å². The molecular formula is C15H24ClNO. The molecule has 1 aromatic rings. The molecule has 2 nitrogen and oxygen atoms in total. The van der Waals surface area contributed by atoms with Crippen LogP contribution in [-0.2, 0) is 6.54 Å². The molecule has 0 bridgehead atoms. The first-order valence-electron chi connectivity index (χ1n) is 6.83. The zero-order valence-electron chi connectivity index (χ0n) is 11.2. The first-order chi connectivity index (χ1) is 8.38. The monoisotopic (exact) mass is 269 g/mol. The Morgan fingerprint density at radius 1 is 1.22 bits per heavy atom. The molecule has 1 aliphatic rings. The number of ether oxygens (including phenoxy) is 1. The molecular weight excluding hydrogens is 246 g/mol. The number of rotatable bonds is 5. The SMILES string of the molecule is CCOc1cccc(CNC2CCCCC2)c1.Cl. The van der Waals surface area contributed by atoms with Gasteiger partial charge >= 0.3 is 0 Å². The summed E-state index contributed by atoms with van der Waals surface area (Å²) in [7, 11) is 0. The highest BCUT2D eigenvalue weighted by molar-refractivity contribution is 5.85. The van der Waals surface area contributed by atoms with Crippen molar-refractivity contribution in [3.63, 3.8) is 0 Å². The molecule has 0 unspecified atom stereocenters. The number of hydrogen-bond donors (Lipinski definition) is 1. The van der Waals surface area contributed by atoms with Crippen molar-refractivity contribution in [1.82, 2.24) is 5.32 Å². The van der Waals surface area contributed by atoms with Gasteiger partial charge in [-0.15, -0.1) is 12.4 Å². The van der Waals surface area contributed by atoms with E-state index in [4.69, 9.17) is 4.74 Å². The van der Waals surface area contributed by atoms with Crippen LogP contribution in [0.15, 0.2) is 24.3 Å². The maximum Gasteiger partial charge on any atom is 0.119 e. The van der Waals surface area contributed by atoms with Gasteiger partial charge in [0.1, 0.15) is 5.75 Å². The Hall–Kier alpha value is -0.730. The Kier molecular flexibility index (Phi) is 7.14. The van der Waals surface area contributed by atoms with E-state index in [1.54, 1.807) is 0 Å². The maximum absolute atomic E-state index is 5.51. The molecule has 102 valence electrons. The van der Waals surface area contributed by atoms with Crippen LogP contribution in [-0.4, -0.2) is 12.6 Å². The minimum atomic E-state index is 0. The number of halogens is 1. The summed E-state index contributed by atoms with van der Waals surface area (Å²) in [5.74, 6) is 0.982. The largest absolute Gasteiger partial charge is 0.494 e. The highest BCUT2D eigenvalue weighted by Crippen LogP contribution is 2.18. The second kappa shape index (κ2) is 8.39. The van der Waals surface area contributed by atoms with E-state index >= 15 is 0 Å². The minimum absolute atomic E-state index is 0. The fraction of sp³-hybridized carbons (Fsp3) is 0.600. The molecule has 1 fully saturated rings. The summed E-state index contributed by atoms with van der Waals surface area (Å²) < 4.78 is 5.51. The molecule has 0 radical (unpaired) electrons. The molecule has 18 heavy (non-hydrogen) atoms. The zero-order chi connectivity index (χ0) is 11.9. The van der Waals surface area contributed by atoms with Crippen molar-refractivity contribution < 1.29 is 4.74 Å². The summed E-state index contributed by atoms with van der Waals surface area (Å²) in [6, 6.07) is 9.12. The second-order valence-electron chi connectivity index (χ2n) is 4.80. The van der Waals surface area contributed by atoms with Crippen LogP contribution in [0.2, 0.25) is 0 Å². The molecule has 0 aliphatic heterocycles. The first-order valence-corrected chi connectivity index (χ1v) is 6.83. The van der Waals surface area contributed by atoms with Gasteiger partial charge in [-0.25, -0.2) is 0 Å². The molecule has 1 aliphatic carbocycles. The van der Waals surface area contributed by atoms with Gasteiger partial charge in [-0.05, 0) is 37.5 Å². The Bertz CT molecular complexity index is 337. The van der Waals surface area contributed by atoms with E-state index in [9.17, 15) is 0 Å². The molecule has 1 N–H and O–H groups in total. The van der Waals surface area contributed by atoms with Crippen molar-refractivity contribution in [2.24, 2.45) is 0 Å². The fourth-order valence-corrected chi connectivity index (χ4v) is 2.48. The standard InChI is InChI=1S/C15H23NO.ClH/c1-2-17-15-10-6-7-13(11-15)12-16-14-8-4-3-5-9-14;/h6-7,10-11,14,16H,2-5,8-9,12H2,1H3;1H. The summed E-state index contributed by atoms with van der Waals surface area (Å²) in [5.41, 5.74) is 1.32. The predicted molar refractivity (Wildman–Crippen MR) is 78.6 cm³/mol. The van der Waals surface area contributed by atoms with E-state index < -0.39 is 0 Å². The zero-order valence-corrected chi connectivity index (χ0v) is 12.0. The summed E-state index contributed by atoms with van der Waals surface area (Å²) in [6.45, 7) is 3.72. The van der Waals surface area contributed by atoms with Crippen LogP contribution in [0.1, 0.15) is 44.6 Å². The van der Waals surface area contributed by atoms with Gasteiger partial charge in [0.05, 0.1) is 6.61 Å². The summed E-state index contributed by atoms with van der Waals surface area (Å²) >= 11 is 0. The third kappa shape index (κ3) is 4.87. The van der Waals surface area contributed by atoms with E-state index in [1.165, 1.54) is 37.7 Å². The normalized spacial score (nSPS) is 16.1. The first kappa shape index (κ1) is 15.3. The van der Waals surface area contributed by atoms with Gasteiger partial charge in [0, 0.05) is 12.6 Å². The molecule has 2 rings (SSSR count). The van der Waals surface area contributed by atoms with E-state index in [0.717, 1.165) is 24.9 Å². The molecule has 0 amide bonds. The lowest BCUT2D eigenvalue weighted by Gasteiger charge is -2.22. The molecule has 1 aromatic carbocycles. The molecule has 0 aromatic heterocycles. The van der Waals surface area contributed by atoms with Crippen molar-refractivity contribution in [3.05, 3.63) is 29.8 Å². The maximum atomic E-state index is 5.51. The van der Waals surface area contributed by atoms with E-state index in [-0.39, 0.29) is 12.4 Å². The number of benzene rings is 1. The van der Waals surface area contributed by atoms with Gasteiger partial charge in [-0.1, -0.05) is 31.4 Å². The Labute approximate surface area is 117 Å². The lowest BCUT2D eigenvalue weighted by Crippen LogP contribution is -2.30. The molecule has 3 heteroatoms. The van der Waals surface area contributed by atoms with E-state index in [0.29, 0.717) is 0 Å². The predicted octanol–water partition coefficient (Wildman–Crippen LogP) is 3.93. The van der Waals surface area contributed by atoms with Crippen molar-refractivity contribution in [2.45, 2.75) is 51.6 Å². The molecule has 1 saturated carbocycles. The van der Waals surface area contributed by atoms with Gasteiger partial charge in [-0.2, -0.15) is 0 Å². The summed E-state index contributed by atoms with van der Waals surface area (Å²) in [6.07, 6.45) is 6.86. The molecule has 0 atom stereocenters. The highest BCUT2D eigenvalue weighted by atomic mass is 35.5. The average Bonchev–Trinajstić information content (AvgIpc) is 2.39. The van der Waals surface area contributed by atoms with Gasteiger partial charge in [0.25, 0.3) is 0 Å². The fourth-order valence-electron chi connectivity index (χ4n) is 2.48. The summed E-state index contributed by atoms with van der Waals surface area (Å²) in [5, 5.41) is 3.65. The Morgan fingerprint density at radius 3 is 2.72 bits per heavy atom. The van der Waals surface area contributed by atoms with E-state index in [1.807, 2.05) is 13.0 Å². The highest BCUT2D eigenvalue weighted by Gasteiger charge is 2.12. The Morgan fingerprint density at radius 2 is 2.00 bits per heavy atom. The topological polar surface area (TPSA) is 21.3 Å². The van der Waals surface area contributed by atoms with Gasteiger partial charge in [0.15, 0.2) is 0 Å². The van der Waals surface area contributed by atoms with Gasteiger partial charge < -0.3 is 10.1 Å². The van der Waals surface area contributed by atoms with Crippen LogP contribution in [0.4, 0.5) is 0 Å². The van der Waals surface area contributed by atoms with Crippen LogP contribution in [0, 0.1) is 0 Å². The summed E-state index contributed by atoms with van der Waals surface area (Å²) in [4.78, 5) is 0. The van der Waals surface area contributed by atoms with Crippen molar-refractivity contribution in [1.29, 1.82) is 0 Å². The van der Waals surface area contributed by atoms with Crippen molar-refractivity contribution >= 4 is 12.4 Å². The van der Waals surface area contributed by atoms with Gasteiger partial charge in [-0.3, -0.25) is 0 Å². The number of hydrogen-bond acceptors (Lipinski definition) is 2. The van der Waals surface area contributed by atoms with Crippen LogP contribution in [0.3, 0.4) is 0 Å². The van der Waals surface area contributed by atoms with Crippen LogP contribution >= 0.6 is 12.4 Å². The third-order valence-corrected chi connectivity index (χ3v) is 3.41.